The van der Waals surface area contributed by atoms with Gasteiger partial charge < -0.3 is 9.64 Å². The van der Waals surface area contributed by atoms with E-state index in [1.165, 1.54) is 30.3 Å². The van der Waals surface area contributed by atoms with Crippen LogP contribution in [0.15, 0.2) is 57.4 Å². The Bertz CT molecular complexity index is 1440. The second-order valence-electron chi connectivity index (χ2n) is 7.99. The first kappa shape index (κ1) is 24.0. The molecule has 3 aromatic rings. The van der Waals surface area contributed by atoms with Crippen LogP contribution >= 0.6 is 0 Å². The summed E-state index contributed by atoms with van der Waals surface area (Å²) >= 11 is 0. The van der Waals surface area contributed by atoms with Crippen molar-refractivity contribution in [3.63, 3.8) is 0 Å². The lowest BCUT2D eigenvalue weighted by atomic mass is 10.1. The molecule has 1 aromatic carbocycles. The molecule has 2 aromatic heterocycles. The van der Waals surface area contributed by atoms with Crippen LogP contribution < -0.4 is 15.2 Å². The zero-order valence-electron chi connectivity index (χ0n) is 19.2. The highest BCUT2D eigenvalue weighted by molar-refractivity contribution is 7.90. The van der Waals surface area contributed by atoms with Crippen molar-refractivity contribution in [1.82, 2.24) is 19.7 Å². The predicted molar refractivity (Wildman–Crippen MR) is 129 cm³/mol. The first-order valence-electron chi connectivity index (χ1n) is 10.8. The fraction of sp³-hybridized carbons (Fsp3) is 0.304. The van der Waals surface area contributed by atoms with Crippen LogP contribution in [0.2, 0.25) is 0 Å². The van der Waals surface area contributed by atoms with Crippen molar-refractivity contribution in [3.8, 4) is 17.5 Å². The zero-order chi connectivity index (χ0) is 25.0. The third-order valence-corrected chi connectivity index (χ3v) is 6.60. The monoisotopic (exact) mass is 493 g/mol. The molecule has 0 atom stereocenters. The highest BCUT2D eigenvalue weighted by Gasteiger charge is 2.24. The maximum atomic E-state index is 12.7. The molecule has 0 N–H and O–H groups in total. The lowest BCUT2D eigenvalue weighted by Crippen LogP contribution is -2.39. The molecule has 0 radical (unpaired) electrons. The Morgan fingerprint density at radius 3 is 2.40 bits per heavy atom. The largest absolute Gasteiger partial charge is 0.487 e. The van der Waals surface area contributed by atoms with Crippen LogP contribution in [0.5, 0.6) is 5.75 Å². The van der Waals surface area contributed by atoms with E-state index in [0.29, 0.717) is 37.6 Å². The van der Waals surface area contributed by atoms with E-state index < -0.39 is 15.4 Å². The molecule has 1 aliphatic heterocycles. The van der Waals surface area contributed by atoms with Gasteiger partial charge in [-0.25, -0.2) is 18.4 Å². The molecule has 0 spiro atoms. The van der Waals surface area contributed by atoms with Gasteiger partial charge in [0.15, 0.2) is 15.6 Å². The number of aromatic nitrogens is 4. The molecule has 0 bridgehead atoms. The van der Waals surface area contributed by atoms with Crippen LogP contribution in [0.4, 0.5) is 5.95 Å². The average molecular weight is 494 g/mol. The van der Waals surface area contributed by atoms with Gasteiger partial charge in [-0.2, -0.15) is 9.94 Å². The number of aliphatic imine (C=N–C) groups is 1. The van der Waals surface area contributed by atoms with Gasteiger partial charge in [-0.1, -0.05) is 0 Å². The molecule has 0 amide bonds. The Balaban J connectivity index is 1.46. The summed E-state index contributed by atoms with van der Waals surface area (Å²) in [6, 6.07) is 8.91. The molecular formula is C23H23N7O4S. The second-order valence-corrected chi connectivity index (χ2v) is 10.0. The smallest absolute Gasteiger partial charge is 0.275 e. The summed E-state index contributed by atoms with van der Waals surface area (Å²) in [6.07, 6.45) is 7.32. The van der Waals surface area contributed by atoms with Crippen molar-refractivity contribution in [1.29, 1.82) is 5.26 Å². The summed E-state index contributed by atoms with van der Waals surface area (Å²) in [5.41, 5.74) is 0.644. The summed E-state index contributed by atoms with van der Waals surface area (Å²) in [4.78, 5) is 27.6. The van der Waals surface area contributed by atoms with E-state index in [-0.39, 0.29) is 22.4 Å². The molecule has 1 saturated heterocycles. The highest BCUT2D eigenvalue weighted by Crippen LogP contribution is 2.22. The molecule has 180 valence electrons. The van der Waals surface area contributed by atoms with Crippen molar-refractivity contribution < 1.29 is 13.2 Å². The number of ether oxygens (including phenoxy) is 1. The second kappa shape index (κ2) is 10.0. The maximum absolute atomic E-state index is 12.7. The fourth-order valence-electron chi connectivity index (χ4n) is 3.69. The molecule has 0 aliphatic carbocycles. The molecule has 3 heterocycles. The number of nitriles is 1. The van der Waals surface area contributed by atoms with Crippen LogP contribution in [0.25, 0.3) is 5.69 Å². The lowest BCUT2D eigenvalue weighted by molar-refractivity contribution is 0.168. The fourth-order valence-corrected chi connectivity index (χ4v) is 4.32. The predicted octanol–water partition coefficient (Wildman–Crippen LogP) is 1.39. The van der Waals surface area contributed by atoms with E-state index in [1.54, 1.807) is 25.7 Å². The van der Waals surface area contributed by atoms with Crippen LogP contribution in [0.3, 0.4) is 0 Å². The Morgan fingerprint density at radius 2 is 1.83 bits per heavy atom. The Kier molecular flexibility index (Phi) is 6.88. The van der Waals surface area contributed by atoms with Crippen LogP contribution in [-0.2, 0) is 9.84 Å². The van der Waals surface area contributed by atoms with E-state index in [0.717, 1.165) is 16.5 Å². The first-order valence-corrected chi connectivity index (χ1v) is 12.7. The molecule has 0 saturated carbocycles. The van der Waals surface area contributed by atoms with E-state index in [1.807, 2.05) is 11.0 Å². The van der Waals surface area contributed by atoms with E-state index in [2.05, 4.69) is 20.1 Å². The van der Waals surface area contributed by atoms with Crippen molar-refractivity contribution in [2.24, 2.45) is 4.99 Å². The number of nitrogens with zero attached hydrogens (tertiary/aromatic N) is 7. The SMILES string of the molecule is CN=Cc1cnc(N2CCC(Oc3cc(=O)n(-c4ccc(S(C)(=O)=O)cc4)nc3C#N)CC2)nc1. The number of piperidine rings is 1. The van der Waals surface area contributed by atoms with E-state index in [4.69, 9.17) is 4.74 Å². The molecule has 35 heavy (non-hydrogen) atoms. The van der Waals surface area contributed by atoms with Crippen molar-refractivity contribution in [2.75, 3.05) is 31.3 Å². The number of hydrogen-bond acceptors (Lipinski definition) is 10. The minimum atomic E-state index is -3.37. The third-order valence-electron chi connectivity index (χ3n) is 5.47. The summed E-state index contributed by atoms with van der Waals surface area (Å²) in [6.45, 7) is 1.32. The van der Waals surface area contributed by atoms with Gasteiger partial charge in [-0.3, -0.25) is 9.79 Å². The van der Waals surface area contributed by atoms with Gasteiger partial charge in [0.25, 0.3) is 5.56 Å². The maximum Gasteiger partial charge on any atom is 0.275 e. The van der Waals surface area contributed by atoms with Crippen molar-refractivity contribution in [3.05, 3.63) is 64.3 Å². The summed E-state index contributed by atoms with van der Waals surface area (Å²) in [5.74, 6) is 0.750. The molecule has 12 heteroatoms. The van der Waals surface area contributed by atoms with Gasteiger partial charge in [-0.05, 0) is 24.3 Å². The normalized spacial score (nSPS) is 14.7. The van der Waals surface area contributed by atoms with Gasteiger partial charge in [0, 0.05) is 63.4 Å². The Labute approximate surface area is 202 Å². The van der Waals surface area contributed by atoms with Crippen molar-refractivity contribution >= 4 is 22.0 Å². The Morgan fingerprint density at radius 1 is 1.17 bits per heavy atom. The molecule has 11 nitrogen and oxygen atoms in total. The Hall–Kier alpha value is -4.11. The number of anilines is 1. The van der Waals surface area contributed by atoms with Gasteiger partial charge in [-0.15, -0.1) is 5.10 Å². The molecular weight excluding hydrogens is 470 g/mol. The third kappa shape index (κ3) is 5.52. The molecule has 1 fully saturated rings. The standard InChI is InChI=1S/C23H23N7O4S/c1-25-13-16-14-26-23(27-15-16)29-9-7-18(8-10-29)34-21-11-22(31)30(28-20(21)12-24)17-3-5-19(6-4-17)35(2,32)33/h3-6,11,13-15,18H,7-10H2,1-2H3. The topological polar surface area (TPSA) is 143 Å². The van der Waals surface area contributed by atoms with Gasteiger partial charge in [0.2, 0.25) is 11.6 Å². The minimum absolute atomic E-state index is 0.0317. The van der Waals surface area contributed by atoms with Crippen LogP contribution in [-0.4, -0.2) is 66.9 Å². The molecule has 0 unspecified atom stereocenters. The number of benzene rings is 1. The number of hydrogen-bond donors (Lipinski definition) is 0. The first-order chi connectivity index (χ1) is 16.8. The van der Waals surface area contributed by atoms with Crippen LogP contribution in [0.1, 0.15) is 24.1 Å². The molecule has 1 aliphatic rings. The van der Waals surface area contributed by atoms with Crippen molar-refractivity contribution in [2.45, 2.75) is 23.8 Å². The van der Waals surface area contributed by atoms with E-state index in [9.17, 15) is 18.5 Å². The van der Waals surface area contributed by atoms with Gasteiger partial charge in [0.1, 0.15) is 12.2 Å². The highest BCUT2D eigenvalue weighted by atomic mass is 32.2. The number of sulfone groups is 1. The van der Waals surface area contributed by atoms with Crippen LogP contribution in [0, 0.1) is 11.3 Å². The summed E-state index contributed by atoms with van der Waals surface area (Å²) < 4.78 is 30.4. The minimum Gasteiger partial charge on any atom is -0.487 e. The summed E-state index contributed by atoms with van der Waals surface area (Å²) in [7, 11) is -1.68. The van der Waals surface area contributed by atoms with Gasteiger partial charge >= 0.3 is 0 Å². The van der Waals surface area contributed by atoms with E-state index >= 15 is 0 Å². The summed E-state index contributed by atoms with van der Waals surface area (Å²) in [5, 5.41) is 13.7. The van der Waals surface area contributed by atoms with Gasteiger partial charge in [0.05, 0.1) is 16.6 Å². The quantitative estimate of drug-likeness (QED) is 0.465. The number of rotatable bonds is 6. The molecule has 4 rings (SSSR count). The average Bonchev–Trinajstić information content (AvgIpc) is 2.85. The lowest BCUT2D eigenvalue weighted by Gasteiger charge is -2.32. The zero-order valence-corrected chi connectivity index (χ0v) is 20.0.